The van der Waals surface area contributed by atoms with E-state index in [4.69, 9.17) is 9.97 Å². The van der Waals surface area contributed by atoms with Crippen LogP contribution in [0.4, 0.5) is 0 Å². The maximum Gasteiger partial charge on any atom is 0.178 e. The molecule has 5 rings (SSSR count). The number of aromatic amines is 1. The number of fused-ring (bicyclic) bond motifs is 2. The second kappa shape index (κ2) is 8.31. The molecule has 0 aliphatic heterocycles. The lowest BCUT2D eigenvalue weighted by Gasteiger charge is -2.06. The van der Waals surface area contributed by atoms with Crippen LogP contribution in [0.15, 0.2) is 77.0 Å². The van der Waals surface area contributed by atoms with Gasteiger partial charge in [-0.2, -0.15) is 0 Å². The van der Waals surface area contributed by atoms with Gasteiger partial charge in [0.05, 0.1) is 16.7 Å². The number of hydrogen-bond acceptors (Lipinski definition) is 6. The highest BCUT2D eigenvalue weighted by molar-refractivity contribution is 7.99. The lowest BCUT2D eigenvalue weighted by Crippen LogP contribution is -2.01. The molecule has 1 N–H and O–H groups in total. The molecule has 0 aliphatic rings. The lowest BCUT2D eigenvalue weighted by molar-refractivity contribution is 0.654. The van der Waals surface area contributed by atoms with Crippen molar-refractivity contribution >= 4 is 34.0 Å². The number of benzene rings is 1. The fraction of sp³-hybridized carbons (Fsp3) is 0.174. The summed E-state index contributed by atoms with van der Waals surface area (Å²) < 4.78 is 2.14. The number of imidazole rings is 2. The average molecular weight is 428 g/mol. The van der Waals surface area contributed by atoms with E-state index in [0.717, 1.165) is 56.9 Å². The summed E-state index contributed by atoms with van der Waals surface area (Å²) in [6, 6.07) is 13.8. The lowest BCUT2D eigenvalue weighted by atomic mass is 10.2. The van der Waals surface area contributed by atoms with Crippen molar-refractivity contribution in [2.75, 3.05) is 0 Å². The number of aromatic nitrogens is 7. The van der Waals surface area contributed by atoms with Crippen molar-refractivity contribution in [1.82, 2.24) is 34.5 Å². The van der Waals surface area contributed by atoms with Crippen molar-refractivity contribution in [2.45, 2.75) is 37.1 Å². The molecule has 0 saturated heterocycles. The molecule has 0 spiro atoms. The van der Waals surface area contributed by atoms with Crippen LogP contribution in [0.25, 0.3) is 33.6 Å². The van der Waals surface area contributed by atoms with Gasteiger partial charge >= 0.3 is 0 Å². The van der Waals surface area contributed by atoms with Gasteiger partial charge in [0.2, 0.25) is 0 Å². The van der Waals surface area contributed by atoms with Crippen molar-refractivity contribution in [3.05, 3.63) is 66.6 Å². The Morgan fingerprint density at radius 2 is 1.90 bits per heavy atom. The minimum absolute atomic E-state index is 0.734. The maximum absolute atomic E-state index is 4.93. The Hall–Kier alpha value is -3.52. The zero-order valence-corrected chi connectivity index (χ0v) is 18.1. The molecule has 0 unspecified atom stereocenters. The van der Waals surface area contributed by atoms with E-state index in [1.165, 1.54) is 17.3 Å². The number of nitrogens with zero attached hydrogens (tertiary/aromatic N) is 6. The molecule has 8 heteroatoms. The Morgan fingerprint density at radius 3 is 2.71 bits per heavy atom. The average Bonchev–Trinajstić information content (AvgIpc) is 3.35. The molecule has 7 nitrogen and oxygen atoms in total. The van der Waals surface area contributed by atoms with Crippen LogP contribution in [0.5, 0.6) is 0 Å². The van der Waals surface area contributed by atoms with Gasteiger partial charge in [-0.1, -0.05) is 29.8 Å². The van der Waals surface area contributed by atoms with E-state index in [1.54, 1.807) is 12.5 Å². The number of para-hydroxylation sites is 2. The molecule has 4 heterocycles. The van der Waals surface area contributed by atoms with Crippen molar-refractivity contribution in [3.8, 4) is 11.4 Å². The van der Waals surface area contributed by atoms with E-state index in [9.17, 15) is 0 Å². The highest BCUT2D eigenvalue weighted by Gasteiger charge is 2.19. The van der Waals surface area contributed by atoms with Crippen LogP contribution in [0.1, 0.15) is 20.3 Å². The SMILES string of the molecule is CC(C)=CCCn1c(Sc2nc3ccccc3[nH]2)nc2c(-c3ccccn3)ncnc21. The van der Waals surface area contributed by atoms with Gasteiger partial charge in [0.15, 0.2) is 16.0 Å². The van der Waals surface area contributed by atoms with Gasteiger partial charge in [-0.25, -0.2) is 19.9 Å². The number of allylic oxidation sites excluding steroid dienone is 2. The molecule has 31 heavy (non-hydrogen) atoms. The van der Waals surface area contributed by atoms with E-state index in [0.29, 0.717) is 0 Å². The normalized spacial score (nSPS) is 11.3. The third kappa shape index (κ3) is 3.94. The van der Waals surface area contributed by atoms with Gasteiger partial charge < -0.3 is 9.55 Å². The second-order valence-electron chi connectivity index (χ2n) is 7.39. The van der Waals surface area contributed by atoms with E-state index < -0.39 is 0 Å². The first-order valence-corrected chi connectivity index (χ1v) is 10.9. The van der Waals surface area contributed by atoms with Crippen LogP contribution in [-0.4, -0.2) is 34.5 Å². The number of H-pyrrole nitrogens is 1. The van der Waals surface area contributed by atoms with E-state index >= 15 is 0 Å². The van der Waals surface area contributed by atoms with E-state index in [2.05, 4.69) is 44.4 Å². The van der Waals surface area contributed by atoms with Crippen molar-refractivity contribution in [2.24, 2.45) is 0 Å². The molecule has 0 saturated carbocycles. The molecule has 5 aromatic rings. The molecule has 0 atom stereocenters. The molecule has 0 amide bonds. The van der Waals surface area contributed by atoms with Crippen LogP contribution < -0.4 is 0 Å². The Kier molecular flexibility index (Phi) is 5.21. The van der Waals surface area contributed by atoms with E-state index in [1.807, 2.05) is 42.5 Å². The van der Waals surface area contributed by atoms with Crippen molar-refractivity contribution in [3.63, 3.8) is 0 Å². The smallest absolute Gasteiger partial charge is 0.178 e. The van der Waals surface area contributed by atoms with Crippen LogP contribution in [0.2, 0.25) is 0 Å². The topological polar surface area (TPSA) is 85.2 Å². The maximum atomic E-state index is 4.93. The number of pyridine rings is 1. The Balaban J connectivity index is 1.61. The molecule has 4 aromatic heterocycles. The summed E-state index contributed by atoms with van der Waals surface area (Å²) in [6.07, 6.45) is 6.47. The summed E-state index contributed by atoms with van der Waals surface area (Å²) >= 11 is 1.50. The zero-order chi connectivity index (χ0) is 21.2. The number of rotatable bonds is 6. The molecule has 1 aromatic carbocycles. The second-order valence-corrected chi connectivity index (χ2v) is 8.34. The van der Waals surface area contributed by atoms with Crippen molar-refractivity contribution in [1.29, 1.82) is 0 Å². The molecular formula is C23H21N7S. The first-order valence-electron chi connectivity index (χ1n) is 10.1. The summed E-state index contributed by atoms with van der Waals surface area (Å²) in [7, 11) is 0. The van der Waals surface area contributed by atoms with Crippen molar-refractivity contribution < 1.29 is 0 Å². The summed E-state index contributed by atoms with van der Waals surface area (Å²) in [4.78, 5) is 26.5. The highest BCUT2D eigenvalue weighted by atomic mass is 32.2. The molecule has 0 fully saturated rings. The predicted octanol–water partition coefficient (Wildman–Crippen LogP) is 5.27. The standard InChI is InChI=1S/C23H21N7S/c1-15(2)8-7-13-30-21-20(19(25-14-26-21)18-11-5-6-12-24-18)29-23(30)31-22-27-16-9-3-4-10-17(16)28-22/h3-6,8-12,14H,7,13H2,1-2H3,(H,27,28). The van der Waals surface area contributed by atoms with Crippen LogP contribution >= 0.6 is 11.8 Å². The Labute approximate surface area is 183 Å². The molecule has 0 radical (unpaired) electrons. The summed E-state index contributed by atoms with van der Waals surface area (Å²) in [5, 5.41) is 1.63. The number of nitrogens with one attached hydrogen (secondary N) is 1. The van der Waals surface area contributed by atoms with Crippen LogP contribution in [0.3, 0.4) is 0 Å². The summed E-state index contributed by atoms with van der Waals surface area (Å²) in [6.45, 7) is 4.98. The summed E-state index contributed by atoms with van der Waals surface area (Å²) in [5.41, 5.74) is 6.30. The fourth-order valence-electron chi connectivity index (χ4n) is 3.43. The van der Waals surface area contributed by atoms with Crippen LogP contribution in [0, 0.1) is 0 Å². The highest BCUT2D eigenvalue weighted by Crippen LogP contribution is 2.32. The van der Waals surface area contributed by atoms with Gasteiger partial charge in [0, 0.05) is 12.7 Å². The van der Waals surface area contributed by atoms with Gasteiger partial charge in [-0.05, 0) is 56.3 Å². The van der Waals surface area contributed by atoms with E-state index in [-0.39, 0.29) is 0 Å². The number of aryl methyl sites for hydroxylation is 1. The first kappa shape index (κ1) is 19.4. The molecular weight excluding hydrogens is 406 g/mol. The molecule has 0 bridgehead atoms. The Morgan fingerprint density at radius 1 is 1.03 bits per heavy atom. The summed E-state index contributed by atoms with van der Waals surface area (Å²) in [5.74, 6) is 0. The predicted molar refractivity (Wildman–Crippen MR) is 123 cm³/mol. The van der Waals surface area contributed by atoms with Gasteiger partial charge in [0.1, 0.15) is 17.5 Å². The minimum Gasteiger partial charge on any atom is -0.333 e. The van der Waals surface area contributed by atoms with Gasteiger partial charge in [-0.15, -0.1) is 0 Å². The zero-order valence-electron chi connectivity index (χ0n) is 17.3. The molecule has 154 valence electrons. The minimum atomic E-state index is 0.734. The Bertz CT molecular complexity index is 1350. The van der Waals surface area contributed by atoms with Gasteiger partial charge in [0.25, 0.3) is 0 Å². The largest absolute Gasteiger partial charge is 0.333 e. The third-order valence-corrected chi connectivity index (χ3v) is 5.75. The van der Waals surface area contributed by atoms with Gasteiger partial charge in [-0.3, -0.25) is 4.98 Å². The molecule has 0 aliphatic carbocycles. The third-order valence-electron chi connectivity index (χ3n) is 4.87. The fourth-order valence-corrected chi connectivity index (χ4v) is 4.34. The monoisotopic (exact) mass is 427 g/mol. The quantitative estimate of drug-likeness (QED) is 0.372. The first-order chi connectivity index (χ1) is 15.2. The number of hydrogen-bond donors (Lipinski definition) is 1. The van der Waals surface area contributed by atoms with Crippen LogP contribution in [-0.2, 0) is 6.54 Å².